The normalized spacial score (nSPS) is 15.1. The Morgan fingerprint density at radius 2 is 2.00 bits per heavy atom. The van der Waals surface area contributed by atoms with E-state index >= 15 is 0 Å². The van der Waals surface area contributed by atoms with Gasteiger partial charge in [-0.05, 0) is 17.7 Å². The van der Waals surface area contributed by atoms with Crippen molar-refractivity contribution in [2.75, 3.05) is 44.7 Å². The highest BCUT2D eigenvalue weighted by molar-refractivity contribution is 5.71. The molecule has 1 saturated heterocycles. The molecule has 0 unspecified atom stereocenters. The summed E-state index contributed by atoms with van der Waals surface area (Å²) in [6.07, 6.45) is 9.42. The van der Waals surface area contributed by atoms with Crippen molar-refractivity contribution in [2.24, 2.45) is 0 Å². The molecule has 3 rings (SSSR count). The van der Waals surface area contributed by atoms with Crippen molar-refractivity contribution in [3.63, 3.8) is 0 Å². The molecule has 0 amide bonds. The lowest BCUT2D eigenvalue weighted by atomic mass is 10.2. The number of esters is 1. The van der Waals surface area contributed by atoms with Crippen LogP contribution in [-0.4, -0.2) is 60.7 Å². The lowest BCUT2D eigenvalue weighted by Crippen LogP contribution is -2.46. The van der Waals surface area contributed by atoms with Gasteiger partial charge in [-0.2, -0.15) is 0 Å². The molecule has 1 aliphatic heterocycles. The van der Waals surface area contributed by atoms with Crippen LogP contribution in [0.1, 0.15) is 12.5 Å². The molecule has 0 saturated carbocycles. The van der Waals surface area contributed by atoms with E-state index in [4.69, 9.17) is 9.47 Å². The maximum atomic E-state index is 11.1. The Morgan fingerprint density at radius 1 is 1.19 bits per heavy atom. The maximum Gasteiger partial charge on any atom is 0.308 e. The molecule has 0 N–H and O–H groups in total. The Bertz CT molecular complexity index is 787. The Balaban J connectivity index is 1.52. The standard InChI is InChI=1S/C20H24N4O3/c1-16(25)27-18-6-5-17(14-19(18)26-2)4-3-9-23-10-12-24(13-11-23)20-15-21-7-8-22-20/h3-8,14-15H,9-13H2,1-2H3. The lowest BCUT2D eigenvalue weighted by Gasteiger charge is -2.34. The van der Waals surface area contributed by atoms with Crippen molar-refractivity contribution < 1.29 is 14.3 Å². The first-order valence-electron chi connectivity index (χ1n) is 8.92. The van der Waals surface area contributed by atoms with Crippen molar-refractivity contribution in [1.82, 2.24) is 14.9 Å². The SMILES string of the molecule is COc1cc(C=CCN2CCN(c3cnccn3)CC2)ccc1OC(C)=O. The number of hydrogen-bond acceptors (Lipinski definition) is 7. The van der Waals surface area contributed by atoms with Crippen molar-refractivity contribution >= 4 is 17.9 Å². The van der Waals surface area contributed by atoms with E-state index in [0.29, 0.717) is 11.5 Å². The Labute approximate surface area is 159 Å². The summed E-state index contributed by atoms with van der Waals surface area (Å²) >= 11 is 0. The molecule has 0 aliphatic carbocycles. The zero-order chi connectivity index (χ0) is 19.1. The fourth-order valence-corrected chi connectivity index (χ4v) is 2.98. The predicted molar refractivity (Wildman–Crippen MR) is 104 cm³/mol. The zero-order valence-corrected chi connectivity index (χ0v) is 15.7. The summed E-state index contributed by atoms with van der Waals surface area (Å²) in [6.45, 7) is 6.10. The molecule has 0 atom stereocenters. The summed E-state index contributed by atoms with van der Waals surface area (Å²) in [5, 5.41) is 0. The molecule has 7 heteroatoms. The third-order valence-electron chi connectivity index (χ3n) is 4.36. The first-order valence-corrected chi connectivity index (χ1v) is 8.92. The second kappa shape index (κ2) is 9.14. The van der Waals surface area contributed by atoms with Gasteiger partial charge in [0.25, 0.3) is 0 Å². The van der Waals surface area contributed by atoms with Crippen LogP contribution in [0.5, 0.6) is 11.5 Å². The fraction of sp³-hybridized carbons (Fsp3) is 0.350. The maximum absolute atomic E-state index is 11.1. The molecule has 7 nitrogen and oxygen atoms in total. The van der Waals surface area contributed by atoms with Crippen LogP contribution >= 0.6 is 0 Å². The molecular formula is C20H24N4O3. The quantitative estimate of drug-likeness (QED) is 0.572. The van der Waals surface area contributed by atoms with Gasteiger partial charge in [0, 0.05) is 52.0 Å². The van der Waals surface area contributed by atoms with Crippen LogP contribution in [0.15, 0.2) is 42.9 Å². The van der Waals surface area contributed by atoms with Crippen LogP contribution < -0.4 is 14.4 Å². The molecule has 0 bridgehead atoms. The number of aromatic nitrogens is 2. The molecule has 1 aromatic heterocycles. The number of piperazine rings is 1. The summed E-state index contributed by atoms with van der Waals surface area (Å²) in [5.41, 5.74) is 1.00. The number of ether oxygens (including phenoxy) is 2. The van der Waals surface area contributed by atoms with Gasteiger partial charge in [0.2, 0.25) is 0 Å². The van der Waals surface area contributed by atoms with Crippen molar-refractivity contribution in [3.8, 4) is 11.5 Å². The number of methoxy groups -OCH3 is 1. The summed E-state index contributed by atoms with van der Waals surface area (Å²) in [7, 11) is 1.56. The Kier molecular flexibility index (Phi) is 6.38. The largest absolute Gasteiger partial charge is 0.493 e. The van der Waals surface area contributed by atoms with E-state index in [1.807, 2.05) is 18.3 Å². The average molecular weight is 368 g/mol. The number of carbonyl (C=O) groups excluding carboxylic acids is 1. The van der Waals surface area contributed by atoms with Crippen LogP contribution in [0.4, 0.5) is 5.82 Å². The van der Waals surface area contributed by atoms with E-state index in [9.17, 15) is 4.79 Å². The van der Waals surface area contributed by atoms with Crippen LogP contribution in [0, 0.1) is 0 Å². The van der Waals surface area contributed by atoms with E-state index in [1.165, 1.54) is 6.92 Å². The minimum absolute atomic E-state index is 0.364. The lowest BCUT2D eigenvalue weighted by molar-refractivity contribution is -0.132. The number of nitrogens with zero attached hydrogens (tertiary/aromatic N) is 4. The van der Waals surface area contributed by atoms with E-state index in [2.05, 4.69) is 31.9 Å². The number of hydrogen-bond donors (Lipinski definition) is 0. The molecule has 0 spiro atoms. The first kappa shape index (κ1) is 18.8. The fourth-order valence-electron chi connectivity index (χ4n) is 2.98. The zero-order valence-electron chi connectivity index (χ0n) is 15.7. The monoisotopic (exact) mass is 368 g/mol. The summed E-state index contributed by atoms with van der Waals surface area (Å²) in [5.74, 6) is 1.55. The van der Waals surface area contributed by atoms with Gasteiger partial charge in [-0.15, -0.1) is 0 Å². The third-order valence-corrected chi connectivity index (χ3v) is 4.36. The highest BCUT2D eigenvalue weighted by Crippen LogP contribution is 2.28. The number of benzene rings is 1. The third kappa shape index (κ3) is 5.27. The summed E-state index contributed by atoms with van der Waals surface area (Å²) < 4.78 is 10.4. The molecule has 2 aromatic rings. The molecule has 27 heavy (non-hydrogen) atoms. The van der Waals surface area contributed by atoms with Gasteiger partial charge in [-0.3, -0.25) is 14.7 Å². The Hall–Kier alpha value is -2.93. The van der Waals surface area contributed by atoms with Gasteiger partial charge in [0.1, 0.15) is 5.82 Å². The topological polar surface area (TPSA) is 67.8 Å². The minimum atomic E-state index is -0.364. The molecule has 0 radical (unpaired) electrons. The molecule has 1 aliphatic rings. The van der Waals surface area contributed by atoms with Crippen LogP contribution in [0.2, 0.25) is 0 Å². The molecule has 2 heterocycles. The van der Waals surface area contributed by atoms with Gasteiger partial charge < -0.3 is 14.4 Å². The van der Waals surface area contributed by atoms with Crippen LogP contribution in [-0.2, 0) is 4.79 Å². The predicted octanol–water partition coefficient (Wildman–Crippen LogP) is 2.25. The Morgan fingerprint density at radius 3 is 2.67 bits per heavy atom. The number of rotatable bonds is 6. The highest BCUT2D eigenvalue weighted by atomic mass is 16.6. The summed E-state index contributed by atoms with van der Waals surface area (Å²) in [4.78, 5) is 24.3. The summed E-state index contributed by atoms with van der Waals surface area (Å²) in [6, 6.07) is 5.52. The highest BCUT2D eigenvalue weighted by Gasteiger charge is 2.16. The van der Waals surface area contributed by atoms with Gasteiger partial charge in [-0.1, -0.05) is 18.2 Å². The van der Waals surface area contributed by atoms with Gasteiger partial charge in [0.15, 0.2) is 11.5 Å². The van der Waals surface area contributed by atoms with E-state index in [-0.39, 0.29) is 5.97 Å². The molecule has 1 aromatic carbocycles. The van der Waals surface area contributed by atoms with Gasteiger partial charge in [-0.25, -0.2) is 4.98 Å². The van der Waals surface area contributed by atoms with E-state index < -0.39 is 0 Å². The van der Waals surface area contributed by atoms with E-state index in [1.54, 1.807) is 25.6 Å². The second-order valence-corrected chi connectivity index (χ2v) is 6.26. The van der Waals surface area contributed by atoms with E-state index in [0.717, 1.165) is 44.1 Å². The van der Waals surface area contributed by atoms with Gasteiger partial charge >= 0.3 is 5.97 Å². The van der Waals surface area contributed by atoms with Crippen LogP contribution in [0.25, 0.3) is 6.08 Å². The average Bonchev–Trinajstić information content (AvgIpc) is 2.70. The molecule has 142 valence electrons. The van der Waals surface area contributed by atoms with Crippen molar-refractivity contribution in [2.45, 2.75) is 6.92 Å². The molecular weight excluding hydrogens is 344 g/mol. The van der Waals surface area contributed by atoms with Crippen LogP contribution in [0.3, 0.4) is 0 Å². The number of anilines is 1. The number of carbonyl (C=O) groups is 1. The van der Waals surface area contributed by atoms with Crippen molar-refractivity contribution in [1.29, 1.82) is 0 Å². The minimum Gasteiger partial charge on any atom is -0.493 e. The van der Waals surface area contributed by atoms with Crippen molar-refractivity contribution in [3.05, 3.63) is 48.4 Å². The molecule has 1 fully saturated rings. The van der Waals surface area contributed by atoms with Gasteiger partial charge in [0.05, 0.1) is 13.3 Å². The smallest absolute Gasteiger partial charge is 0.308 e. The first-order chi connectivity index (χ1) is 13.2. The second-order valence-electron chi connectivity index (χ2n) is 6.26.